The lowest BCUT2D eigenvalue weighted by Crippen LogP contribution is -2.63. The average Bonchev–Trinajstić information content (AvgIpc) is 3.10. The molecule has 7 heteroatoms. The number of carbonyl (C=O) groups is 2. The molecule has 35 heavy (non-hydrogen) atoms. The highest BCUT2D eigenvalue weighted by Crippen LogP contribution is 2.51. The van der Waals surface area contributed by atoms with Crippen molar-refractivity contribution in [3.63, 3.8) is 0 Å². The maximum atomic E-state index is 14.6. The van der Waals surface area contributed by atoms with Crippen LogP contribution in [0.4, 0.5) is 21.5 Å². The number of para-hydroxylation sites is 3. The highest BCUT2D eigenvalue weighted by molar-refractivity contribution is 6.35. The van der Waals surface area contributed by atoms with Gasteiger partial charge >= 0.3 is 0 Å². The third-order valence-electron chi connectivity index (χ3n) is 6.53. The van der Waals surface area contributed by atoms with E-state index in [1.165, 1.54) is 15.9 Å². The molecule has 6 rings (SSSR count). The largest absolute Gasteiger partial charge is 0.350 e. The van der Waals surface area contributed by atoms with Crippen molar-refractivity contribution in [1.29, 1.82) is 0 Å². The predicted molar refractivity (Wildman–Crippen MR) is 134 cm³/mol. The lowest BCUT2D eigenvalue weighted by Gasteiger charge is -2.45. The Kier molecular flexibility index (Phi) is 4.86. The molecule has 0 radical (unpaired) electrons. The molecule has 2 aliphatic heterocycles. The van der Waals surface area contributed by atoms with Gasteiger partial charge in [0, 0.05) is 16.8 Å². The number of anilines is 3. The van der Waals surface area contributed by atoms with Gasteiger partial charge in [-0.15, -0.1) is 0 Å². The van der Waals surface area contributed by atoms with Gasteiger partial charge in [-0.1, -0.05) is 72.3 Å². The van der Waals surface area contributed by atoms with Crippen LogP contribution in [-0.2, 0) is 17.0 Å². The van der Waals surface area contributed by atoms with Crippen molar-refractivity contribution in [3.05, 3.63) is 125 Å². The van der Waals surface area contributed by atoms with E-state index in [-0.39, 0.29) is 12.5 Å². The molecule has 2 heterocycles. The van der Waals surface area contributed by atoms with Crippen LogP contribution < -0.4 is 15.1 Å². The van der Waals surface area contributed by atoms with Gasteiger partial charge in [-0.05, 0) is 36.4 Å². The Morgan fingerprint density at radius 3 is 2.26 bits per heavy atom. The summed E-state index contributed by atoms with van der Waals surface area (Å²) >= 11 is 6.58. The molecule has 0 aromatic heterocycles. The second-order valence-corrected chi connectivity index (χ2v) is 8.88. The van der Waals surface area contributed by atoms with E-state index in [1.54, 1.807) is 72.8 Å². The molecular weight excluding hydrogens is 465 g/mol. The number of nitrogens with zero attached hydrogens (tertiary/aromatic N) is 2. The smallest absolute Gasteiger partial charge is 0.279 e. The van der Waals surface area contributed by atoms with Crippen LogP contribution in [0.2, 0.25) is 5.02 Å². The van der Waals surface area contributed by atoms with Crippen molar-refractivity contribution >= 4 is 40.5 Å². The lowest BCUT2D eigenvalue weighted by molar-refractivity contribution is -0.122. The first kappa shape index (κ1) is 21.4. The van der Waals surface area contributed by atoms with Gasteiger partial charge < -0.3 is 10.2 Å². The van der Waals surface area contributed by atoms with Gasteiger partial charge in [0.1, 0.15) is 5.82 Å². The minimum atomic E-state index is -1.60. The van der Waals surface area contributed by atoms with E-state index < -0.39 is 17.4 Å². The lowest BCUT2D eigenvalue weighted by atomic mass is 9.92. The number of hydrogen-bond acceptors (Lipinski definition) is 3. The van der Waals surface area contributed by atoms with Crippen molar-refractivity contribution in [2.75, 3.05) is 15.1 Å². The molecule has 2 amide bonds. The van der Waals surface area contributed by atoms with Gasteiger partial charge in [0.25, 0.3) is 11.8 Å². The molecule has 1 N–H and O–H groups in total. The third-order valence-corrected chi connectivity index (χ3v) is 6.85. The molecule has 4 aromatic carbocycles. The van der Waals surface area contributed by atoms with Gasteiger partial charge in [0.05, 0.1) is 28.5 Å². The maximum absolute atomic E-state index is 14.6. The molecule has 172 valence electrons. The van der Waals surface area contributed by atoms with Crippen LogP contribution in [-0.4, -0.2) is 11.8 Å². The second-order valence-electron chi connectivity index (χ2n) is 8.47. The number of benzene rings is 4. The number of rotatable bonds is 3. The summed E-state index contributed by atoms with van der Waals surface area (Å²) in [5, 5.41) is 3.71. The predicted octanol–water partition coefficient (Wildman–Crippen LogP) is 5.95. The van der Waals surface area contributed by atoms with Gasteiger partial charge in [-0.2, -0.15) is 0 Å². The Morgan fingerprint density at radius 1 is 0.800 bits per heavy atom. The molecule has 1 atom stereocenters. The van der Waals surface area contributed by atoms with Crippen LogP contribution in [0.1, 0.15) is 21.5 Å². The SMILES string of the molecule is O=C1c2ccccc2N[C@@]2(C(=O)N(Cc3ccccc3F)c3ccccc32)N1c1ccccc1Cl. The molecule has 0 unspecified atom stereocenters. The highest BCUT2D eigenvalue weighted by Gasteiger charge is 2.60. The first-order valence-electron chi connectivity index (χ1n) is 11.1. The normalized spacial score (nSPS) is 18.5. The topological polar surface area (TPSA) is 52.7 Å². The Bertz CT molecular complexity index is 1510. The summed E-state index contributed by atoms with van der Waals surface area (Å²) in [5.74, 6) is -1.16. The van der Waals surface area contributed by atoms with Crippen molar-refractivity contribution in [2.45, 2.75) is 12.2 Å². The van der Waals surface area contributed by atoms with Crippen molar-refractivity contribution < 1.29 is 14.0 Å². The number of carbonyl (C=O) groups excluding carboxylic acids is 2. The summed E-state index contributed by atoms with van der Waals surface area (Å²) in [6.07, 6.45) is 0. The fourth-order valence-corrected chi connectivity index (χ4v) is 5.17. The van der Waals surface area contributed by atoms with Crippen LogP contribution in [0.5, 0.6) is 0 Å². The number of hydrogen-bond donors (Lipinski definition) is 1. The fraction of sp³-hybridized carbons (Fsp3) is 0.0714. The standard InChI is InChI=1S/C28H19ClFN3O2/c29-21-12-4-8-16-25(21)33-26(34)19-10-2-6-14-23(19)31-28(33)20-11-3-7-15-24(20)32(27(28)35)17-18-9-1-5-13-22(18)30/h1-16,31H,17H2/t28-/m1/s1. The first-order chi connectivity index (χ1) is 17.0. The van der Waals surface area contributed by atoms with Crippen LogP contribution >= 0.6 is 11.6 Å². The summed E-state index contributed by atoms with van der Waals surface area (Å²) in [4.78, 5) is 31.4. The van der Waals surface area contributed by atoms with Gasteiger partial charge in [0.2, 0.25) is 5.66 Å². The molecule has 0 saturated heterocycles. The summed E-state index contributed by atoms with van der Waals surface area (Å²) < 4.78 is 14.6. The molecule has 5 nitrogen and oxygen atoms in total. The van der Waals surface area contributed by atoms with Crippen molar-refractivity contribution in [2.24, 2.45) is 0 Å². The molecule has 2 aliphatic rings. The fourth-order valence-electron chi connectivity index (χ4n) is 4.95. The molecule has 0 fully saturated rings. The van der Waals surface area contributed by atoms with Crippen LogP contribution in [0.25, 0.3) is 0 Å². The molecular formula is C28H19ClFN3O2. The second kappa shape index (κ2) is 7.96. The minimum absolute atomic E-state index is 0.0121. The minimum Gasteiger partial charge on any atom is -0.350 e. The average molecular weight is 484 g/mol. The Hall–Kier alpha value is -4.16. The van der Waals surface area contributed by atoms with E-state index in [0.29, 0.717) is 38.8 Å². The molecule has 0 saturated carbocycles. The molecule has 0 aliphatic carbocycles. The molecule has 1 spiro atoms. The zero-order chi connectivity index (χ0) is 24.2. The molecule has 4 aromatic rings. The third kappa shape index (κ3) is 3.07. The van der Waals surface area contributed by atoms with E-state index in [4.69, 9.17) is 11.6 Å². The Labute approximate surface area is 206 Å². The summed E-state index contributed by atoms with van der Waals surface area (Å²) in [5.41, 5.74) is 1.32. The van der Waals surface area contributed by atoms with Gasteiger partial charge in [0.15, 0.2) is 0 Å². The number of nitrogens with one attached hydrogen (secondary N) is 1. The van der Waals surface area contributed by atoms with Crippen molar-refractivity contribution in [1.82, 2.24) is 0 Å². The zero-order valence-corrected chi connectivity index (χ0v) is 19.2. The number of fused-ring (bicyclic) bond motifs is 3. The van der Waals surface area contributed by atoms with E-state index in [9.17, 15) is 14.0 Å². The monoisotopic (exact) mass is 483 g/mol. The van der Waals surface area contributed by atoms with Crippen LogP contribution in [0, 0.1) is 5.82 Å². The van der Waals surface area contributed by atoms with E-state index in [0.717, 1.165) is 0 Å². The van der Waals surface area contributed by atoms with E-state index >= 15 is 0 Å². The quantitative estimate of drug-likeness (QED) is 0.391. The first-order valence-corrected chi connectivity index (χ1v) is 11.5. The molecule has 0 bridgehead atoms. The zero-order valence-electron chi connectivity index (χ0n) is 18.4. The van der Waals surface area contributed by atoms with E-state index in [1.807, 2.05) is 18.2 Å². The van der Waals surface area contributed by atoms with Gasteiger partial charge in [-0.3, -0.25) is 14.5 Å². The summed E-state index contributed by atoms with van der Waals surface area (Å²) in [6.45, 7) is 0.0121. The number of amides is 2. The summed E-state index contributed by atoms with van der Waals surface area (Å²) in [7, 11) is 0. The Morgan fingerprint density at radius 2 is 1.46 bits per heavy atom. The van der Waals surface area contributed by atoms with E-state index in [2.05, 4.69) is 5.32 Å². The maximum Gasteiger partial charge on any atom is 0.279 e. The van der Waals surface area contributed by atoms with Crippen molar-refractivity contribution in [3.8, 4) is 0 Å². The number of halogens is 2. The van der Waals surface area contributed by atoms with Gasteiger partial charge in [-0.25, -0.2) is 4.39 Å². The van der Waals surface area contributed by atoms with Crippen LogP contribution in [0.3, 0.4) is 0 Å². The highest BCUT2D eigenvalue weighted by atomic mass is 35.5. The van der Waals surface area contributed by atoms with Crippen LogP contribution in [0.15, 0.2) is 97.1 Å². The Balaban J connectivity index is 1.60. The summed E-state index contributed by atoms with van der Waals surface area (Å²) in [6, 6.07) is 27.6.